The fourth-order valence-corrected chi connectivity index (χ4v) is 1.75. The van der Waals surface area contributed by atoms with E-state index in [1.54, 1.807) is 0 Å². The molecule has 0 aliphatic heterocycles. The molecule has 2 aromatic rings. The zero-order valence-corrected chi connectivity index (χ0v) is 11.9. The number of benzene rings is 1. The van der Waals surface area contributed by atoms with Crippen molar-refractivity contribution in [2.24, 2.45) is 0 Å². The molecule has 3 heteroatoms. The van der Waals surface area contributed by atoms with E-state index < -0.39 is 0 Å². The van der Waals surface area contributed by atoms with E-state index in [1.807, 2.05) is 30.5 Å². The lowest BCUT2D eigenvalue weighted by molar-refractivity contribution is 0.380. The Hall–Kier alpha value is -1.09. The highest BCUT2D eigenvalue weighted by atomic mass is 79.9. The Morgan fingerprint density at radius 2 is 1.88 bits per heavy atom. The standard InChI is InChI=1S/C14H16BrNO/c1-4-14(2,3)12-9-16-13(17-12)10-5-7-11(15)8-6-10/h5-9H,4H2,1-3H3. The lowest BCUT2D eigenvalue weighted by atomic mass is 9.88. The van der Waals surface area contributed by atoms with Crippen molar-refractivity contribution in [2.75, 3.05) is 0 Å². The number of nitrogens with zero attached hydrogens (tertiary/aromatic N) is 1. The zero-order chi connectivity index (χ0) is 12.5. The van der Waals surface area contributed by atoms with Crippen LogP contribution >= 0.6 is 15.9 Å². The summed E-state index contributed by atoms with van der Waals surface area (Å²) in [6, 6.07) is 7.98. The molecule has 0 atom stereocenters. The average molecular weight is 294 g/mol. The van der Waals surface area contributed by atoms with Gasteiger partial charge in [-0.25, -0.2) is 4.98 Å². The maximum absolute atomic E-state index is 5.84. The molecule has 0 radical (unpaired) electrons. The predicted octanol–water partition coefficient (Wildman–Crippen LogP) is 4.79. The fourth-order valence-electron chi connectivity index (χ4n) is 1.49. The van der Waals surface area contributed by atoms with Gasteiger partial charge in [0.1, 0.15) is 5.76 Å². The van der Waals surface area contributed by atoms with Crippen molar-refractivity contribution in [1.29, 1.82) is 0 Å². The van der Waals surface area contributed by atoms with Crippen LogP contribution in [-0.4, -0.2) is 4.98 Å². The highest BCUT2D eigenvalue weighted by Crippen LogP contribution is 2.30. The second kappa shape index (κ2) is 4.65. The van der Waals surface area contributed by atoms with Gasteiger partial charge in [0, 0.05) is 15.5 Å². The molecule has 0 spiro atoms. The Morgan fingerprint density at radius 1 is 1.24 bits per heavy atom. The van der Waals surface area contributed by atoms with Crippen LogP contribution in [0.4, 0.5) is 0 Å². The summed E-state index contributed by atoms with van der Waals surface area (Å²) in [6.07, 6.45) is 2.86. The van der Waals surface area contributed by atoms with Gasteiger partial charge in [0.05, 0.1) is 6.20 Å². The second-order valence-electron chi connectivity index (χ2n) is 4.77. The molecule has 1 heterocycles. The molecule has 0 saturated carbocycles. The van der Waals surface area contributed by atoms with Crippen LogP contribution in [0.3, 0.4) is 0 Å². The minimum Gasteiger partial charge on any atom is -0.441 e. The molecule has 2 nitrogen and oxygen atoms in total. The third kappa shape index (κ3) is 2.60. The second-order valence-corrected chi connectivity index (χ2v) is 5.69. The van der Waals surface area contributed by atoms with Crippen LogP contribution in [0.15, 0.2) is 39.4 Å². The molecule has 1 aromatic carbocycles. The van der Waals surface area contributed by atoms with Crippen LogP contribution in [0.1, 0.15) is 33.0 Å². The third-order valence-corrected chi connectivity index (χ3v) is 3.68. The van der Waals surface area contributed by atoms with Gasteiger partial charge in [0.25, 0.3) is 0 Å². The van der Waals surface area contributed by atoms with Gasteiger partial charge in [-0.3, -0.25) is 0 Å². The summed E-state index contributed by atoms with van der Waals surface area (Å²) >= 11 is 3.42. The summed E-state index contributed by atoms with van der Waals surface area (Å²) in [5.74, 6) is 1.63. The molecule has 0 fully saturated rings. The van der Waals surface area contributed by atoms with Crippen LogP contribution in [0.5, 0.6) is 0 Å². The Labute approximate surface area is 110 Å². The Kier molecular flexibility index (Phi) is 3.38. The molecule has 0 bridgehead atoms. The summed E-state index contributed by atoms with van der Waals surface area (Å²) in [5.41, 5.74) is 1.05. The molecule has 2 rings (SSSR count). The number of hydrogen-bond acceptors (Lipinski definition) is 2. The van der Waals surface area contributed by atoms with Gasteiger partial charge >= 0.3 is 0 Å². The summed E-state index contributed by atoms with van der Waals surface area (Å²) in [6.45, 7) is 6.49. The van der Waals surface area contributed by atoms with Crippen molar-refractivity contribution in [3.05, 3.63) is 40.7 Å². The molecular weight excluding hydrogens is 278 g/mol. The molecule has 0 N–H and O–H groups in total. The highest BCUT2D eigenvalue weighted by molar-refractivity contribution is 9.10. The van der Waals surface area contributed by atoms with Crippen LogP contribution in [0.2, 0.25) is 0 Å². The van der Waals surface area contributed by atoms with Crippen molar-refractivity contribution < 1.29 is 4.42 Å². The smallest absolute Gasteiger partial charge is 0.226 e. The van der Waals surface area contributed by atoms with Gasteiger partial charge in [-0.1, -0.05) is 36.7 Å². The van der Waals surface area contributed by atoms with E-state index in [9.17, 15) is 0 Å². The van der Waals surface area contributed by atoms with E-state index >= 15 is 0 Å². The topological polar surface area (TPSA) is 26.0 Å². The van der Waals surface area contributed by atoms with E-state index in [0.717, 1.165) is 22.2 Å². The summed E-state index contributed by atoms with van der Waals surface area (Å²) in [4.78, 5) is 4.35. The van der Waals surface area contributed by atoms with E-state index in [1.165, 1.54) is 0 Å². The molecule has 0 aliphatic rings. The van der Waals surface area contributed by atoms with Crippen LogP contribution in [0.25, 0.3) is 11.5 Å². The number of rotatable bonds is 3. The Balaban J connectivity index is 2.33. The first-order chi connectivity index (χ1) is 8.03. The number of oxazole rings is 1. The number of halogens is 1. The lowest BCUT2D eigenvalue weighted by Crippen LogP contribution is -2.13. The number of aromatic nitrogens is 1. The molecule has 0 unspecified atom stereocenters. The molecule has 0 saturated heterocycles. The van der Waals surface area contributed by atoms with Crippen molar-refractivity contribution in [3.8, 4) is 11.5 Å². The van der Waals surface area contributed by atoms with E-state index in [0.29, 0.717) is 5.89 Å². The third-order valence-electron chi connectivity index (χ3n) is 3.15. The largest absolute Gasteiger partial charge is 0.441 e. The minimum absolute atomic E-state index is 0.0423. The van der Waals surface area contributed by atoms with Crippen LogP contribution in [0, 0.1) is 0 Å². The molecule has 0 aliphatic carbocycles. The molecule has 17 heavy (non-hydrogen) atoms. The summed E-state index contributed by atoms with van der Waals surface area (Å²) in [5, 5.41) is 0. The number of hydrogen-bond donors (Lipinski definition) is 0. The zero-order valence-electron chi connectivity index (χ0n) is 10.3. The van der Waals surface area contributed by atoms with E-state index in [2.05, 4.69) is 41.7 Å². The van der Waals surface area contributed by atoms with Gasteiger partial charge in [-0.2, -0.15) is 0 Å². The van der Waals surface area contributed by atoms with E-state index in [4.69, 9.17) is 4.42 Å². The highest BCUT2D eigenvalue weighted by Gasteiger charge is 2.23. The van der Waals surface area contributed by atoms with Crippen molar-refractivity contribution >= 4 is 15.9 Å². The fraction of sp³-hybridized carbons (Fsp3) is 0.357. The van der Waals surface area contributed by atoms with Gasteiger partial charge < -0.3 is 4.42 Å². The molecule has 1 aromatic heterocycles. The Bertz CT molecular complexity index is 499. The van der Waals surface area contributed by atoms with Crippen LogP contribution in [-0.2, 0) is 5.41 Å². The van der Waals surface area contributed by atoms with Crippen molar-refractivity contribution in [1.82, 2.24) is 4.98 Å². The van der Waals surface area contributed by atoms with Crippen LogP contribution < -0.4 is 0 Å². The van der Waals surface area contributed by atoms with Gasteiger partial charge in [0.2, 0.25) is 5.89 Å². The van der Waals surface area contributed by atoms with Gasteiger partial charge in [-0.05, 0) is 30.7 Å². The van der Waals surface area contributed by atoms with Gasteiger partial charge in [0.15, 0.2) is 0 Å². The monoisotopic (exact) mass is 293 g/mol. The van der Waals surface area contributed by atoms with Crippen molar-refractivity contribution in [2.45, 2.75) is 32.6 Å². The molecule has 90 valence electrons. The first-order valence-corrected chi connectivity index (χ1v) is 6.54. The maximum atomic E-state index is 5.84. The normalized spacial score (nSPS) is 11.8. The summed E-state index contributed by atoms with van der Waals surface area (Å²) < 4.78 is 6.90. The minimum atomic E-state index is 0.0423. The first-order valence-electron chi connectivity index (χ1n) is 5.75. The summed E-state index contributed by atoms with van der Waals surface area (Å²) in [7, 11) is 0. The van der Waals surface area contributed by atoms with E-state index in [-0.39, 0.29) is 5.41 Å². The Morgan fingerprint density at radius 3 is 2.47 bits per heavy atom. The molecule has 0 amide bonds. The SMILES string of the molecule is CCC(C)(C)c1cnc(-c2ccc(Br)cc2)o1. The lowest BCUT2D eigenvalue weighted by Gasteiger charge is -2.18. The first kappa shape index (κ1) is 12.4. The molecular formula is C14H16BrNO. The van der Waals surface area contributed by atoms with Gasteiger partial charge in [-0.15, -0.1) is 0 Å². The maximum Gasteiger partial charge on any atom is 0.226 e. The van der Waals surface area contributed by atoms with Crippen molar-refractivity contribution in [3.63, 3.8) is 0 Å². The average Bonchev–Trinajstić information content (AvgIpc) is 2.80. The quantitative estimate of drug-likeness (QED) is 0.813. The predicted molar refractivity (Wildman–Crippen MR) is 73.0 cm³/mol.